The average molecular weight is 310 g/mol. The standard InChI is InChI=1S/C20H14N4/c1-11-10-22-19-16(12(11)2)20-18(13-6-5-9-21-17(13)19)23-14-7-3-4-8-15(14)24-20/h3-10H,1-2H3. The number of rotatable bonds is 0. The zero-order valence-electron chi connectivity index (χ0n) is 13.4. The lowest BCUT2D eigenvalue weighted by molar-refractivity contribution is 1.27. The molecular weight excluding hydrogens is 296 g/mol. The number of aryl methyl sites for hydroxylation is 2. The van der Waals surface area contributed by atoms with E-state index in [1.54, 1.807) is 6.20 Å². The highest BCUT2D eigenvalue weighted by Crippen LogP contribution is 2.34. The van der Waals surface area contributed by atoms with E-state index < -0.39 is 0 Å². The number of aromatic nitrogens is 4. The molecule has 5 aromatic rings. The predicted octanol–water partition coefficient (Wildman–Crippen LogP) is 4.50. The Bertz CT molecular complexity index is 1270. The third kappa shape index (κ3) is 1.68. The fourth-order valence-electron chi connectivity index (χ4n) is 3.31. The maximum absolute atomic E-state index is 4.93. The van der Waals surface area contributed by atoms with Crippen molar-refractivity contribution in [1.29, 1.82) is 0 Å². The molecule has 3 heterocycles. The van der Waals surface area contributed by atoms with Crippen molar-refractivity contribution in [3.8, 4) is 0 Å². The Morgan fingerprint density at radius 3 is 2.25 bits per heavy atom. The van der Waals surface area contributed by atoms with E-state index in [4.69, 9.17) is 9.97 Å². The molecule has 114 valence electrons. The lowest BCUT2D eigenvalue weighted by atomic mass is 10.0. The first kappa shape index (κ1) is 13.3. The van der Waals surface area contributed by atoms with Gasteiger partial charge >= 0.3 is 0 Å². The van der Waals surface area contributed by atoms with E-state index in [0.29, 0.717) is 0 Å². The second-order valence-corrected chi connectivity index (χ2v) is 6.10. The average Bonchev–Trinajstić information content (AvgIpc) is 2.63. The van der Waals surface area contributed by atoms with Gasteiger partial charge in [0.2, 0.25) is 0 Å². The van der Waals surface area contributed by atoms with Crippen LogP contribution in [0.5, 0.6) is 0 Å². The van der Waals surface area contributed by atoms with Crippen molar-refractivity contribution in [2.45, 2.75) is 13.8 Å². The maximum atomic E-state index is 4.93. The van der Waals surface area contributed by atoms with Gasteiger partial charge in [0, 0.05) is 23.2 Å². The molecule has 0 N–H and O–H groups in total. The van der Waals surface area contributed by atoms with Gasteiger partial charge in [-0.25, -0.2) is 9.97 Å². The van der Waals surface area contributed by atoms with Crippen molar-refractivity contribution < 1.29 is 0 Å². The summed E-state index contributed by atoms with van der Waals surface area (Å²) in [5, 5.41) is 2.04. The van der Waals surface area contributed by atoms with Crippen LogP contribution in [0.2, 0.25) is 0 Å². The van der Waals surface area contributed by atoms with Gasteiger partial charge in [-0.15, -0.1) is 0 Å². The molecule has 0 aliphatic rings. The minimum Gasteiger partial charge on any atom is -0.254 e. The fraction of sp³-hybridized carbons (Fsp3) is 0.100. The summed E-state index contributed by atoms with van der Waals surface area (Å²) >= 11 is 0. The molecule has 5 rings (SSSR count). The van der Waals surface area contributed by atoms with Crippen LogP contribution in [0.25, 0.3) is 43.9 Å². The van der Waals surface area contributed by atoms with Gasteiger partial charge < -0.3 is 0 Å². The van der Waals surface area contributed by atoms with E-state index in [-0.39, 0.29) is 0 Å². The minimum absolute atomic E-state index is 0.882. The number of nitrogens with zero attached hydrogens (tertiary/aromatic N) is 4. The molecule has 0 aliphatic carbocycles. The highest BCUT2D eigenvalue weighted by atomic mass is 14.8. The zero-order valence-corrected chi connectivity index (χ0v) is 13.4. The SMILES string of the molecule is Cc1cnc2c3ncccc3c3nc4ccccc4nc3c2c1C. The quantitative estimate of drug-likeness (QED) is 0.312. The summed E-state index contributed by atoms with van der Waals surface area (Å²) < 4.78 is 0. The molecule has 0 aliphatic heterocycles. The lowest BCUT2D eigenvalue weighted by Crippen LogP contribution is -1.96. The van der Waals surface area contributed by atoms with Gasteiger partial charge in [-0.1, -0.05) is 12.1 Å². The molecule has 0 unspecified atom stereocenters. The van der Waals surface area contributed by atoms with Crippen molar-refractivity contribution in [1.82, 2.24) is 19.9 Å². The van der Waals surface area contributed by atoms with Crippen LogP contribution >= 0.6 is 0 Å². The number of hydrogen-bond acceptors (Lipinski definition) is 4. The molecule has 0 atom stereocenters. The fourth-order valence-corrected chi connectivity index (χ4v) is 3.31. The molecule has 0 bridgehead atoms. The first-order chi connectivity index (χ1) is 11.7. The molecule has 4 heteroatoms. The summed E-state index contributed by atoms with van der Waals surface area (Å²) in [5.74, 6) is 0. The summed E-state index contributed by atoms with van der Waals surface area (Å²) in [5.41, 5.74) is 7.69. The smallest absolute Gasteiger partial charge is 0.0999 e. The van der Waals surface area contributed by atoms with Gasteiger partial charge in [0.25, 0.3) is 0 Å². The monoisotopic (exact) mass is 310 g/mol. The molecule has 3 aromatic heterocycles. The summed E-state index contributed by atoms with van der Waals surface area (Å²) in [6, 6.07) is 12.0. The number of pyridine rings is 2. The number of para-hydroxylation sites is 2. The Balaban J connectivity index is 2.19. The molecule has 4 nitrogen and oxygen atoms in total. The van der Waals surface area contributed by atoms with E-state index in [9.17, 15) is 0 Å². The van der Waals surface area contributed by atoms with E-state index in [1.165, 1.54) is 5.56 Å². The lowest BCUT2D eigenvalue weighted by Gasteiger charge is -2.12. The number of benzene rings is 2. The summed E-state index contributed by atoms with van der Waals surface area (Å²) in [6.07, 6.45) is 3.71. The molecular formula is C20H14N4. The molecule has 0 spiro atoms. The van der Waals surface area contributed by atoms with Gasteiger partial charge in [0.05, 0.1) is 33.1 Å². The first-order valence-electron chi connectivity index (χ1n) is 7.93. The summed E-state index contributed by atoms with van der Waals surface area (Å²) in [4.78, 5) is 19.1. The summed E-state index contributed by atoms with van der Waals surface area (Å²) in [6.45, 7) is 4.19. The third-order valence-corrected chi connectivity index (χ3v) is 4.69. The van der Waals surface area contributed by atoms with Crippen LogP contribution in [0.4, 0.5) is 0 Å². The Morgan fingerprint density at radius 2 is 1.46 bits per heavy atom. The van der Waals surface area contributed by atoms with Gasteiger partial charge in [-0.05, 0) is 49.2 Å². The second-order valence-electron chi connectivity index (χ2n) is 6.10. The normalized spacial score (nSPS) is 11.8. The van der Waals surface area contributed by atoms with Crippen LogP contribution in [-0.4, -0.2) is 19.9 Å². The Hall–Kier alpha value is -3.14. The molecule has 0 saturated heterocycles. The van der Waals surface area contributed by atoms with Crippen LogP contribution < -0.4 is 0 Å². The molecule has 0 saturated carbocycles. The predicted molar refractivity (Wildman–Crippen MR) is 97.1 cm³/mol. The van der Waals surface area contributed by atoms with Crippen LogP contribution in [0.15, 0.2) is 48.8 Å². The highest BCUT2D eigenvalue weighted by Gasteiger charge is 2.16. The van der Waals surface area contributed by atoms with Crippen molar-refractivity contribution in [3.63, 3.8) is 0 Å². The van der Waals surface area contributed by atoms with Gasteiger partial charge in [0.15, 0.2) is 0 Å². The van der Waals surface area contributed by atoms with Crippen LogP contribution in [0, 0.1) is 13.8 Å². The molecule has 0 amide bonds. The minimum atomic E-state index is 0.882. The number of fused-ring (bicyclic) bond motifs is 7. The van der Waals surface area contributed by atoms with Gasteiger partial charge in [0.1, 0.15) is 0 Å². The molecule has 0 fully saturated rings. The van der Waals surface area contributed by atoms with Crippen LogP contribution in [-0.2, 0) is 0 Å². The Kier molecular flexibility index (Phi) is 2.59. The van der Waals surface area contributed by atoms with Crippen molar-refractivity contribution in [2.24, 2.45) is 0 Å². The zero-order chi connectivity index (χ0) is 16.3. The van der Waals surface area contributed by atoms with Crippen molar-refractivity contribution >= 4 is 43.9 Å². The highest BCUT2D eigenvalue weighted by molar-refractivity contribution is 6.22. The Labute approximate surface area is 138 Å². The van der Waals surface area contributed by atoms with Gasteiger partial charge in [-0.3, -0.25) is 9.97 Å². The van der Waals surface area contributed by atoms with Crippen molar-refractivity contribution in [3.05, 3.63) is 59.9 Å². The summed E-state index contributed by atoms with van der Waals surface area (Å²) in [7, 11) is 0. The second kappa shape index (κ2) is 4.68. The van der Waals surface area contributed by atoms with E-state index in [1.807, 2.05) is 42.6 Å². The topological polar surface area (TPSA) is 51.6 Å². The van der Waals surface area contributed by atoms with Crippen LogP contribution in [0.1, 0.15) is 11.1 Å². The van der Waals surface area contributed by atoms with Gasteiger partial charge in [-0.2, -0.15) is 0 Å². The molecule has 0 radical (unpaired) electrons. The van der Waals surface area contributed by atoms with E-state index in [2.05, 4.69) is 23.8 Å². The Morgan fingerprint density at radius 1 is 0.708 bits per heavy atom. The maximum Gasteiger partial charge on any atom is 0.0999 e. The van der Waals surface area contributed by atoms with E-state index in [0.717, 1.165) is 49.4 Å². The molecule has 2 aromatic carbocycles. The first-order valence-corrected chi connectivity index (χ1v) is 7.93. The molecule has 24 heavy (non-hydrogen) atoms. The van der Waals surface area contributed by atoms with Crippen molar-refractivity contribution in [2.75, 3.05) is 0 Å². The number of hydrogen-bond donors (Lipinski definition) is 0. The largest absolute Gasteiger partial charge is 0.254 e. The van der Waals surface area contributed by atoms with E-state index >= 15 is 0 Å². The van der Waals surface area contributed by atoms with Crippen LogP contribution in [0.3, 0.4) is 0 Å². The third-order valence-electron chi connectivity index (χ3n) is 4.69.